The topological polar surface area (TPSA) is 26.3 Å². The van der Waals surface area contributed by atoms with E-state index in [9.17, 15) is 4.79 Å². The summed E-state index contributed by atoms with van der Waals surface area (Å²) in [5, 5.41) is 0. The van der Waals surface area contributed by atoms with Crippen LogP contribution in [0.4, 0.5) is 0 Å². The molecule has 0 aliphatic heterocycles. The molecule has 0 spiro atoms. The summed E-state index contributed by atoms with van der Waals surface area (Å²) in [5.41, 5.74) is 1.83. The van der Waals surface area contributed by atoms with E-state index in [4.69, 9.17) is 4.74 Å². The van der Waals surface area contributed by atoms with Gasteiger partial charge in [-0.05, 0) is 49.9 Å². The second-order valence-corrected chi connectivity index (χ2v) is 6.34. The lowest BCUT2D eigenvalue weighted by Gasteiger charge is -2.48. The third-order valence-electron chi connectivity index (χ3n) is 5.43. The molecule has 18 heavy (non-hydrogen) atoms. The zero-order valence-corrected chi connectivity index (χ0v) is 12.2. The maximum absolute atomic E-state index is 11.9. The first-order chi connectivity index (χ1) is 8.49. The molecule has 0 heterocycles. The Labute approximate surface area is 111 Å². The van der Waals surface area contributed by atoms with Gasteiger partial charge in [0, 0.05) is 0 Å². The van der Waals surface area contributed by atoms with Crippen LogP contribution in [0.2, 0.25) is 0 Å². The Balaban J connectivity index is 2.13. The minimum Gasteiger partial charge on any atom is -0.466 e. The normalized spacial score (nSPS) is 39.8. The first-order valence-corrected chi connectivity index (χ1v) is 7.35. The van der Waals surface area contributed by atoms with Crippen molar-refractivity contribution in [1.29, 1.82) is 0 Å². The van der Waals surface area contributed by atoms with Crippen LogP contribution in [-0.4, -0.2) is 12.6 Å². The summed E-state index contributed by atoms with van der Waals surface area (Å²) >= 11 is 0. The molecule has 2 aliphatic carbocycles. The highest BCUT2D eigenvalue weighted by atomic mass is 16.5. The fourth-order valence-corrected chi connectivity index (χ4v) is 3.69. The van der Waals surface area contributed by atoms with Crippen molar-refractivity contribution >= 4 is 5.97 Å². The summed E-state index contributed by atoms with van der Waals surface area (Å²) in [4.78, 5) is 11.9. The zero-order chi connectivity index (χ0) is 13.3. The number of rotatable bonds is 2. The third kappa shape index (κ3) is 2.22. The molecule has 0 N–H and O–H groups in total. The Hall–Kier alpha value is -0.790. The maximum atomic E-state index is 11.9. The fourth-order valence-electron chi connectivity index (χ4n) is 3.69. The summed E-state index contributed by atoms with van der Waals surface area (Å²) in [6, 6.07) is 0. The molecule has 2 aliphatic rings. The molecule has 2 unspecified atom stereocenters. The molecule has 0 aromatic rings. The molecule has 1 saturated carbocycles. The molecule has 2 nitrogen and oxygen atoms in total. The maximum Gasteiger partial charge on any atom is 0.309 e. The second-order valence-electron chi connectivity index (χ2n) is 6.34. The van der Waals surface area contributed by atoms with Crippen LogP contribution in [0.15, 0.2) is 11.6 Å². The van der Waals surface area contributed by atoms with E-state index in [1.807, 2.05) is 6.92 Å². The van der Waals surface area contributed by atoms with E-state index in [0.29, 0.717) is 12.0 Å². The van der Waals surface area contributed by atoms with Crippen molar-refractivity contribution in [2.24, 2.45) is 23.2 Å². The van der Waals surface area contributed by atoms with E-state index in [1.54, 1.807) is 0 Å². The van der Waals surface area contributed by atoms with Gasteiger partial charge in [-0.1, -0.05) is 32.4 Å². The van der Waals surface area contributed by atoms with Crippen LogP contribution >= 0.6 is 0 Å². The molecule has 2 heteroatoms. The van der Waals surface area contributed by atoms with Crippen LogP contribution in [0, 0.1) is 23.2 Å². The molecular formula is C16H26O2. The monoisotopic (exact) mass is 250 g/mol. The van der Waals surface area contributed by atoms with Crippen LogP contribution in [0.3, 0.4) is 0 Å². The van der Waals surface area contributed by atoms with Crippen LogP contribution in [0.25, 0.3) is 0 Å². The Morgan fingerprint density at radius 2 is 2.22 bits per heavy atom. The van der Waals surface area contributed by atoms with Gasteiger partial charge in [-0.25, -0.2) is 0 Å². The molecule has 0 bridgehead atoms. The highest BCUT2D eigenvalue weighted by Gasteiger charge is 2.44. The average molecular weight is 250 g/mol. The number of allylic oxidation sites excluding steroid dienone is 2. The van der Waals surface area contributed by atoms with Gasteiger partial charge in [0.2, 0.25) is 0 Å². The summed E-state index contributed by atoms with van der Waals surface area (Å²) in [7, 11) is 0. The quantitative estimate of drug-likeness (QED) is 0.548. The fraction of sp³-hybridized carbons (Fsp3) is 0.812. The van der Waals surface area contributed by atoms with Crippen molar-refractivity contribution in [3.05, 3.63) is 11.6 Å². The highest BCUT2D eigenvalue weighted by molar-refractivity contribution is 5.73. The van der Waals surface area contributed by atoms with E-state index in [-0.39, 0.29) is 11.9 Å². The molecule has 0 aromatic carbocycles. The molecule has 2 rings (SSSR count). The molecule has 0 aromatic heterocycles. The van der Waals surface area contributed by atoms with Crippen molar-refractivity contribution in [1.82, 2.24) is 0 Å². The number of ether oxygens (including phenoxy) is 1. The van der Waals surface area contributed by atoms with E-state index >= 15 is 0 Å². The van der Waals surface area contributed by atoms with Crippen molar-refractivity contribution in [3.63, 3.8) is 0 Å². The Morgan fingerprint density at radius 1 is 1.50 bits per heavy atom. The zero-order valence-electron chi connectivity index (χ0n) is 12.2. The molecule has 0 radical (unpaired) electrons. The molecule has 0 amide bonds. The van der Waals surface area contributed by atoms with Gasteiger partial charge in [0.25, 0.3) is 0 Å². The van der Waals surface area contributed by atoms with Gasteiger partial charge in [-0.2, -0.15) is 0 Å². The standard InChI is InChI=1S/C16H26O2/c1-5-18-15(17)13-8-9-16(4)12(3)11(2)6-7-14(16)10-13/h7,11-13H,5-6,8-10H2,1-4H3/t11?,12?,13-,16+/m0/s1. The molecule has 4 atom stereocenters. The lowest BCUT2D eigenvalue weighted by atomic mass is 9.56. The number of esters is 1. The first kappa shape index (κ1) is 13.6. The van der Waals surface area contributed by atoms with Gasteiger partial charge in [0.05, 0.1) is 12.5 Å². The van der Waals surface area contributed by atoms with Crippen molar-refractivity contribution in [2.75, 3.05) is 6.61 Å². The number of hydrogen-bond donors (Lipinski definition) is 0. The van der Waals surface area contributed by atoms with E-state index < -0.39 is 0 Å². The lowest BCUT2D eigenvalue weighted by molar-refractivity contribution is -0.149. The summed E-state index contributed by atoms with van der Waals surface area (Å²) < 4.78 is 5.18. The number of hydrogen-bond acceptors (Lipinski definition) is 2. The van der Waals surface area contributed by atoms with Crippen molar-refractivity contribution in [3.8, 4) is 0 Å². The van der Waals surface area contributed by atoms with Crippen LogP contribution in [-0.2, 0) is 9.53 Å². The third-order valence-corrected chi connectivity index (χ3v) is 5.43. The summed E-state index contributed by atoms with van der Waals surface area (Å²) in [5.74, 6) is 1.59. The number of carbonyl (C=O) groups is 1. The van der Waals surface area contributed by atoms with Gasteiger partial charge in [0.15, 0.2) is 0 Å². The Bertz CT molecular complexity index is 358. The van der Waals surface area contributed by atoms with Gasteiger partial charge < -0.3 is 4.74 Å². The minimum absolute atomic E-state index is 0.00623. The van der Waals surface area contributed by atoms with Crippen LogP contribution in [0.1, 0.15) is 53.4 Å². The van der Waals surface area contributed by atoms with Gasteiger partial charge in [-0.15, -0.1) is 0 Å². The summed E-state index contributed by atoms with van der Waals surface area (Å²) in [6.07, 6.45) is 6.61. The van der Waals surface area contributed by atoms with E-state index in [0.717, 1.165) is 31.1 Å². The SMILES string of the molecule is CCOC(=O)[C@H]1CC[C@@]2(C)C(=CCC(C)C2C)C1. The van der Waals surface area contributed by atoms with E-state index in [1.165, 1.54) is 12.0 Å². The van der Waals surface area contributed by atoms with Crippen molar-refractivity contribution < 1.29 is 9.53 Å². The van der Waals surface area contributed by atoms with Gasteiger partial charge in [0.1, 0.15) is 0 Å². The minimum atomic E-state index is 0.00623. The Kier molecular flexibility index (Phi) is 3.84. The number of fused-ring (bicyclic) bond motifs is 1. The van der Waals surface area contributed by atoms with Crippen molar-refractivity contribution in [2.45, 2.75) is 53.4 Å². The predicted molar refractivity (Wildman–Crippen MR) is 73.1 cm³/mol. The molecule has 102 valence electrons. The van der Waals surface area contributed by atoms with Crippen LogP contribution < -0.4 is 0 Å². The molecule has 0 saturated heterocycles. The highest BCUT2D eigenvalue weighted by Crippen LogP contribution is 2.53. The first-order valence-electron chi connectivity index (χ1n) is 7.35. The van der Waals surface area contributed by atoms with Gasteiger partial charge >= 0.3 is 5.97 Å². The van der Waals surface area contributed by atoms with E-state index in [2.05, 4.69) is 26.8 Å². The van der Waals surface area contributed by atoms with Gasteiger partial charge in [-0.3, -0.25) is 4.79 Å². The van der Waals surface area contributed by atoms with Crippen LogP contribution in [0.5, 0.6) is 0 Å². The molecular weight excluding hydrogens is 224 g/mol. The largest absolute Gasteiger partial charge is 0.466 e. The average Bonchev–Trinajstić information content (AvgIpc) is 2.35. The smallest absolute Gasteiger partial charge is 0.309 e. The summed E-state index contributed by atoms with van der Waals surface area (Å²) in [6.45, 7) is 9.50. The predicted octanol–water partition coefficient (Wildman–Crippen LogP) is 3.96. The lowest BCUT2D eigenvalue weighted by Crippen LogP contribution is -2.40. The second kappa shape index (κ2) is 5.07. The molecule has 1 fully saturated rings. The number of carbonyl (C=O) groups excluding carboxylic acids is 1. The Morgan fingerprint density at radius 3 is 2.89 bits per heavy atom.